The van der Waals surface area contributed by atoms with Crippen molar-refractivity contribution in [3.05, 3.63) is 28.7 Å². The van der Waals surface area contributed by atoms with E-state index in [1.165, 1.54) is 0 Å². The Morgan fingerprint density at radius 2 is 2.00 bits per heavy atom. The molecular formula is C16H17BrF3N5O. The molecule has 26 heavy (non-hydrogen) atoms. The zero-order valence-electron chi connectivity index (χ0n) is 13.9. The summed E-state index contributed by atoms with van der Waals surface area (Å²) in [5.41, 5.74) is 0.699. The van der Waals surface area contributed by atoms with Crippen molar-refractivity contribution in [1.29, 1.82) is 0 Å². The molecule has 1 aliphatic rings. The van der Waals surface area contributed by atoms with E-state index in [0.29, 0.717) is 11.4 Å². The molecule has 1 amide bonds. The quantitative estimate of drug-likeness (QED) is 0.703. The van der Waals surface area contributed by atoms with Crippen molar-refractivity contribution in [2.45, 2.75) is 38.5 Å². The first-order chi connectivity index (χ1) is 12.2. The minimum atomic E-state index is -4.45. The van der Waals surface area contributed by atoms with Crippen molar-refractivity contribution >= 4 is 21.8 Å². The van der Waals surface area contributed by atoms with Gasteiger partial charge in [0.2, 0.25) is 11.7 Å². The number of rotatable bonds is 6. The Kier molecular flexibility index (Phi) is 5.31. The van der Waals surface area contributed by atoms with Gasteiger partial charge in [0.25, 0.3) is 0 Å². The van der Waals surface area contributed by atoms with Crippen LogP contribution in [-0.4, -0.2) is 49.8 Å². The van der Waals surface area contributed by atoms with Gasteiger partial charge in [0, 0.05) is 16.1 Å². The summed E-state index contributed by atoms with van der Waals surface area (Å²) in [5, 5.41) is 11.8. The van der Waals surface area contributed by atoms with Crippen LogP contribution in [0.25, 0.3) is 11.4 Å². The molecule has 10 heteroatoms. The van der Waals surface area contributed by atoms with Crippen LogP contribution in [-0.2, 0) is 11.3 Å². The van der Waals surface area contributed by atoms with Crippen molar-refractivity contribution in [2.24, 2.45) is 5.92 Å². The van der Waals surface area contributed by atoms with Gasteiger partial charge in [0.05, 0.1) is 0 Å². The first-order valence-electron chi connectivity index (χ1n) is 8.13. The summed E-state index contributed by atoms with van der Waals surface area (Å²) in [6.07, 6.45) is -2.76. The van der Waals surface area contributed by atoms with E-state index < -0.39 is 24.7 Å². The van der Waals surface area contributed by atoms with Gasteiger partial charge < -0.3 is 4.90 Å². The molecule has 1 atom stereocenters. The molecule has 1 saturated carbocycles. The third-order valence-corrected chi connectivity index (χ3v) is 4.83. The topological polar surface area (TPSA) is 63.9 Å². The molecule has 1 heterocycles. The van der Waals surface area contributed by atoms with Crippen molar-refractivity contribution in [1.82, 2.24) is 25.1 Å². The molecule has 0 saturated heterocycles. The lowest BCUT2D eigenvalue weighted by Gasteiger charge is -2.30. The molecule has 1 aliphatic carbocycles. The number of tetrazole rings is 1. The van der Waals surface area contributed by atoms with Crippen LogP contribution in [0.1, 0.15) is 19.8 Å². The number of carbonyl (C=O) groups excluding carboxylic acids is 1. The number of hydrogen-bond donors (Lipinski definition) is 0. The fourth-order valence-electron chi connectivity index (χ4n) is 2.72. The van der Waals surface area contributed by atoms with Gasteiger partial charge in [-0.3, -0.25) is 4.79 Å². The molecule has 0 aliphatic heterocycles. The summed E-state index contributed by atoms with van der Waals surface area (Å²) in [6, 6.07) is 6.71. The molecule has 2 aromatic rings. The van der Waals surface area contributed by atoms with Gasteiger partial charge in [0.15, 0.2) is 0 Å². The van der Waals surface area contributed by atoms with Crippen molar-refractivity contribution in [3.63, 3.8) is 0 Å². The second-order valence-electron chi connectivity index (χ2n) is 6.37. The number of halogens is 4. The summed E-state index contributed by atoms with van der Waals surface area (Å²) >= 11 is 3.32. The number of nitrogens with zero attached hydrogens (tertiary/aromatic N) is 5. The Morgan fingerprint density at radius 3 is 2.58 bits per heavy atom. The SMILES string of the molecule is CC(C1CC1)N(CC(F)(F)F)C(=O)Cn1nnc(-c2ccc(Br)cc2)n1. The average molecular weight is 432 g/mol. The Labute approximate surface area is 156 Å². The maximum atomic E-state index is 12.9. The van der Waals surface area contributed by atoms with Gasteiger partial charge in [-0.1, -0.05) is 15.9 Å². The Morgan fingerprint density at radius 1 is 1.35 bits per heavy atom. The van der Waals surface area contributed by atoms with Crippen LogP contribution >= 0.6 is 15.9 Å². The molecule has 6 nitrogen and oxygen atoms in total. The van der Waals surface area contributed by atoms with E-state index >= 15 is 0 Å². The van der Waals surface area contributed by atoms with Gasteiger partial charge in [-0.25, -0.2) is 0 Å². The number of alkyl halides is 3. The summed E-state index contributed by atoms with van der Waals surface area (Å²) in [4.78, 5) is 14.4. The number of aromatic nitrogens is 4. The molecule has 3 rings (SSSR count). The standard InChI is InChI=1S/C16H17BrF3N5O/c1-10(11-2-3-11)24(9-16(18,19)20)14(26)8-25-22-15(21-23-25)12-4-6-13(17)7-5-12/h4-7,10-11H,2-3,8-9H2,1H3. The average Bonchev–Trinajstić information content (AvgIpc) is 3.32. The summed E-state index contributed by atoms with van der Waals surface area (Å²) in [5.74, 6) is -0.229. The highest BCUT2D eigenvalue weighted by Gasteiger charge is 2.40. The second kappa shape index (κ2) is 7.34. The van der Waals surface area contributed by atoms with Crippen LogP contribution in [0.4, 0.5) is 13.2 Å². The monoisotopic (exact) mass is 431 g/mol. The van der Waals surface area contributed by atoms with E-state index in [0.717, 1.165) is 27.0 Å². The zero-order chi connectivity index (χ0) is 18.9. The van der Waals surface area contributed by atoms with Crippen LogP contribution in [0, 0.1) is 5.92 Å². The van der Waals surface area contributed by atoms with E-state index in [2.05, 4.69) is 31.3 Å². The molecule has 0 N–H and O–H groups in total. The molecule has 0 radical (unpaired) electrons. The van der Waals surface area contributed by atoms with E-state index in [1.807, 2.05) is 12.1 Å². The van der Waals surface area contributed by atoms with Crippen LogP contribution in [0.2, 0.25) is 0 Å². The van der Waals surface area contributed by atoms with E-state index in [4.69, 9.17) is 0 Å². The fourth-order valence-corrected chi connectivity index (χ4v) is 2.99. The highest BCUT2D eigenvalue weighted by Crippen LogP contribution is 2.36. The van der Waals surface area contributed by atoms with Crippen molar-refractivity contribution in [2.75, 3.05) is 6.54 Å². The van der Waals surface area contributed by atoms with E-state index in [-0.39, 0.29) is 12.5 Å². The number of hydrogen-bond acceptors (Lipinski definition) is 4. The lowest BCUT2D eigenvalue weighted by atomic mass is 10.2. The van der Waals surface area contributed by atoms with Gasteiger partial charge in [-0.2, -0.15) is 18.0 Å². The molecule has 1 aromatic carbocycles. The maximum Gasteiger partial charge on any atom is 0.406 e. The molecule has 1 aromatic heterocycles. The largest absolute Gasteiger partial charge is 0.406 e. The van der Waals surface area contributed by atoms with Crippen LogP contribution in [0.15, 0.2) is 28.7 Å². The Balaban J connectivity index is 1.71. The minimum absolute atomic E-state index is 0.128. The number of amides is 1. The predicted molar refractivity (Wildman–Crippen MR) is 90.9 cm³/mol. The first-order valence-corrected chi connectivity index (χ1v) is 8.92. The van der Waals surface area contributed by atoms with E-state index in [9.17, 15) is 18.0 Å². The summed E-state index contributed by atoms with van der Waals surface area (Å²) < 4.78 is 39.5. The van der Waals surface area contributed by atoms with Gasteiger partial charge in [-0.15, -0.1) is 10.2 Å². The van der Waals surface area contributed by atoms with Gasteiger partial charge in [-0.05, 0) is 55.2 Å². The van der Waals surface area contributed by atoms with Gasteiger partial charge >= 0.3 is 6.18 Å². The van der Waals surface area contributed by atoms with Crippen LogP contribution in [0.3, 0.4) is 0 Å². The molecule has 1 fully saturated rings. The highest BCUT2D eigenvalue weighted by atomic mass is 79.9. The Bertz CT molecular complexity index is 773. The molecule has 140 valence electrons. The zero-order valence-corrected chi connectivity index (χ0v) is 15.5. The molecule has 1 unspecified atom stereocenters. The number of carbonyl (C=O) groups is 1. The van der Waals surface area contributed by atoms with Crippen molar-refractivity contribution < 1.29 is 18.0 Å². The lowest BCUT2D eigenvalue weighted by molar-refractivity contribution is -0.166. The number of benzene rings is 1. The van der Waals surface area contributed by atoms with Crippen LogP contribution < -0.4 is 0 Å². The third-order valence-electron chi connectivity index (χ3n) is 4.30. The second-order valence-corrected chi connectivity index (χ2v) is 7.28. The lowest BCUT2D eigenvalue weighted by Crippen LogP contribution is -2.47. The highest BCUT2D eigenvalue weighted by molar-refractivity contribution is 9.10. The normalized spacial score (nSPS) is 15.7. The third kappa shape index (κ3) is 4.80. The maximum absolute atomic E-state index is 12.9. The molecule has 0 spiro atoms. The fraction of sp³-hybridized carbons (Fsp3) is 0.500. The smallest absolute Gasteiger partial charge is 0.329 e. The molecular weight excluding hydrogens is 415 g/mol. The van der Waals surface area contributed by atoms with Crippen molar-refractivity contribution in [3.8, 4) is 11.4 Å². The molecule has 0 bridgehead atoms. The summed E-state index contributed by atoms with van der Waals surface area (Å²) in [6.45, 7) is 0.0117. The van der Waals surface area contributed by atoms with Crippen LogP contribution in [0.5, 0.6) is 0 Å². The van der Waals surface area contributed by atoms with E-state index in [1.54, 1.807) is 19.1 Å². The summed E-state index contributed by atoms with van der Waals surface area (Å²) in [7, 11) is 0. The first kappa shape index (κ1) is 18.8. The predicted octanol–water partition coefficient (Wildman–Crippen LogP) is 3.29. The Hall–Kier alpha value is -1.97. The van der Waals surface area contributed by atoms with Gasteiger partial charge in [0.1, 0.15) is 13.1 Å². The minimum Gasteiger partial charge on any atom is -0.329 e.